The largest absolute Gasteiger partial charge is 0.508 e. The van der Waals surface area contributed by atoms with Crippen molar-refractivity contribution in [1.82, 2.24) is 47.9 Å². The number of carbonyl (C=O) groups excluding carboxylic acids is 10. The van der Waals surface area contributed by atoms with Crippen molar-refractivity contribution in [2.45, 2.75) is 162 Å². The Balaban J connectivity index is 3.20. The summed E-state index contributed by atoms with van der Waals surface area (Å²) >= 11 is 0. The molecule has 0 spiro atoms. The van der Waals surface area contributed by atoms with Gasteiger partial charge in [-0.25, -0.2) is 4.79 Å². The Morgan fingerprint density at radius 2 is 0.958 bits per heavy atom. The number of carboxylic acid groups (broad SMARTS) is 2. The van der Waals surface area contributed by atoms with E-state index in [2.05, 4.69) is 47.9 Å². The van der Waals surface area contributed by atoms with Crippen LogP contribution in [0.5, 0.6) is 5.75 Å². The number of aliphatic hydroxyl groups excluding tert-OH is 1. The van der Waals surface area contributed by atoms with Gasteiger partial charge in [-0.3, -0.25) is 52.7 Å². The second-order valence-electron chi connectivity index (χ2n) is 18.3. The van der Waals surface area contributed by atoms with Gasteiger partial charge in [0.1, 0.15) is 60.1 Å². The summed E-state index contributed by atoms with van der Waals surface area (Å²) in [6.07, 6.45) is -3.28. The second-order valence-corrected chi connectivity index (χ2v) is 18.3. The molecule has 0 bridgehead atoms. The molecule has 0 saturated carbocycles. The first-order valence-corrected chi connectivity index (χ1v) is 23.3. The molecule has 0 aliphatic carbocycles. The highest BCUT2D eigenvalue weighted by Crippen LogP contribution is 2.14. The number of amides is 10. The van der Waals surface area contributed by atoms with Crippen molar-refractivity contribution >= 4 is 71.0 Å². The molecule has 1 aromatic carbocycles. The summed E-state index contributed by atoms with van der Waals surface area (Å²) in [6, 6.07) is -7.67. The van der Waals surface area contributed by atoms with E-state index in [9.17, 15) is 78.0 Å². The highest BCUT2D eigenvalue weighted by molar-refractivity contribution is 5.99. The van der Waals surface area contributed by atoms with Crippen LogP contribution in [0.3, 0.4) is 0 Å². The van der Waals surface area contributed by atoms with E-state index in [1.54, 1.807) is 39.8 Å². The van der Waals surface area contributed by atoms with Crippen molar-refractivity contribution in [2.75, 3.05) is 0 Å². The Labute approximate surface area is 416 Å². The van der Waals surface area contributed by atoms with Crippen LogP contribution in [0, 0.1) is 17.8 Å². The van der Waals surface area contributed by atoms with Gasteiger partial charge in [0.2, 0.25) is 59.1 Å². The van der Waals surface area contributed by atoms with Crippen LogP contribution in [0.2, 0.25) is 0 Å². The van der Waals surface area contributed by atoms with Crippen molar-refractivity contribution in [2.24, 2.45) is 23.5 Å². The van der Waals surface area contributed by atoms with Gasteiger partial charge in [-0.1, -0.05) is 60.1 Å². The van der Waals surface area contributed by atoms with Crippen LogP contribution in [0.1, 0.15) is 100 Å². The zero-order valence-electron chi connectivity index (χ0n) is 42.1. The van der Waals surface area contributed by atoms with Gasteiger partial charge in [-0.05, 0) is 62.6 Å². The first-order chi connectivity index (χ1) is 33.4. The van der Waals surface area contributed by atoms with Crippen LogP contribution < -0.4 is 53.6 Å². The first-order valence-electron chi connectivity index (χ1n) is 23.3. The fraction of sp³-hybridized carbons (Fsp3) is 0.609. The van der Waals surface area contributed by atoms with Crippen LogP contribution >= 0.6 is 0 Å². The predicted octanol–water partition coefficient (Wildman–Crippen LogP) is -3.08. The summed E-state index contributed by atoms with van der Waals surface area (Å²) in [4.78, 5) is 155. The summed E-state index contributed by atoms with van der Waals surface area (Å²) in [7, 11) is 0. The molecule has 26 nitrogen and oxygen atoms in total. The minimum Gasteiger partial charge on any atom is -0.508 e. The quantitative estimate of drug-likeness (QED) is 0.0363. The fourth-order valence-corrected chi connectivity index (χ4v) is 6.81. The van der Waals surface area contributed by atoms with E-state index >= 15 is 0 Å². The van der Waals surface area contributed by atoms with E-state index in [-0.39, 0.29) is 30.9 Å². The number of nitrogens with one attached hydrogen (secondary N) is 9. The summed E-state index contributed by atoms with van der Waals surface area (Å²) < 4.78 is 0. The number of aliphatic hydroxyl groups is 1. The molecule has 402 valence electrons. The van der Waals surface area contributed by atoms with Crippen LogP contribution in [0.4, 0.5) is 0 Å². The maximum absolute atomic E-state index is 13.9. The Hall–Kier alpha value is -7.38. The number of hydrogen-bond donors (Lipinski definition) is 14. The van der Waals surface area contributed by atoms with Gasteiger partial charge in [0.15, 0.2) is 0 Å². The van der Waals surface area contributed by atoms with E-state index in [1.807, 2.05) is 0 Å². The number of carbonyl (C=O) groups is 12. The number of hydrogen-bond acceptors (Lipinski definition) is 14. The van der Waals surface area contributed by atoms with Crippen molar-refractivity contribution in [3.8, 4) is 5.75 Å². The summed E-state index contributed by atoms with van der Waals surface area (Å²) in [5, 5.41) is 60.5. The number of nitrogens with two attached hydrogens (primary N) is 1. The van der Waals surface area contributed by atoms with Gasteiger partial charge in [0.25, 0.3) is 0 Å². The van der Waals surface area contributed by atoms with Crippen LogP contribution in [-0.2, 0) is 64.0 Å². The normalized spacial score (nSPS) is 15.7. The first kappa shape index (κ1) is 62.6. The third-order valence-electron chi connectivity index (χ3n) is 11.0. The maximum atomic E-state index is 13.9. The molecule has 0 fully saturated rings. The molecule has 0 unspecified atom stereocenters. The Morgan fingerprint density at radius 1 is 0.528 bits per heavy atom. The molecule has 72 heavy (non-hydrogen) atoms. The molecule has 1 aromatic rings. The number of aliphatic carboxylic acids is 2. The van der Waals surface area contributed by atoms with Gasteiger partial charge < -0.3 is 74.0 Å². The SMILES string of the molecule is CC[C@H](C)[C@H](NC(=O)[C@@H](NC(=O)[C@@H](NC(=O)[C@H](C)NC(=O)[C@H](C)NC(=O)[C@H](Cc1ccc(O)cc1)NC(C)=O)[C@@H](C)O)C(C)C)C(=O)N[C@@H](CC(N)=O)C(=O)N[C@@H](CC(=O)O)C(=O)N[C@@H](CC(C)C)C(=O)O. The lowest BCUT2D eigenvalue weighted by Crippen LogP contribution is -2.63. The third kappa shape index (κ3) is 21.7. The highest BCUT2D eigenvalue weighted by atomic mass is 16.4. The van der Waals surface area contributed by atoms with E-state index in [0.717, 1.165) is 6.92 Å². The molecule has 0 radical (unpaired) electrons. The lowest BCUT2D eigenvalue weighted by atomic mass is 9.95. The molecular formula is C46H72N10O16. The fourth-order valence-electron chi connectivity index (χ4n) is 6.81. The number of rotatable bonds is 30. The van der Waals surface area contributed by atoms with Gasteiger partial charge in [0.05, 0.1) is 18.9 Å². The molecule has 10 amide bonds. The predicted molar refractivity (Wildman–Crippen MR) is 255 cm³/mol. The molecule has 15 N–H and O–H groups in total. The topological polar surface area (TPSA) is 420 Å². The zero-order chi connectivity index (χ0) is 55.3. The third-order valence-corrected chi connectivity index (χ3v) is 11.0. The van der Waals surface area contributed by atoms with E-state index in [4.69, 9.17) is 5.73 Å². The summed E-state index contributed by atoms with van der Waals surface area (Å²) in [5.74, 6) is -14.3. The minimum absolute atomic E-state index is 0.0101. The smallest absolute Gasteiger partial charge is 0.326 e. The second kappa shape index (κ2) is 29.7. The standard InChI is InChI=1S/C46H72N10O16/c1-11-22(6)36(44(69)52-30(18-33(47)60)41(66)51-31(19-34(61)62)42(67)53-32(46(71)72)16-20(2)3)55-43(68)35(21(4)5)54-45(70)37(25(9)57)56-39(64)24(8)48-38(63)23(7)49-40(65)29(50-26(10)58)17-27-12-14-28(59)15-13-27/h12-15,20-25,29-32,35-37,57,59H,11,16-19H2,1-10H3,(H2,47,60)(H,48,63)(H,49,65)(H,50,58)(H,51,66)(H,52,69)(H,53,67)(H,54,70)(H,55,68)(H,56,64)(H,61,62)(H,71,72)/t22-,23-,24-,25+,29-,30-,31-,32-,35-,36-,37-/m0/s1. The van der Waals surface area contributed by atoms with E-state index < -0.39 is 156 Å². The molecule has 11 atom stereocenters. The number of carboxylic acids is 2. The minimum atomic E-state index is -1.88. The molecule has 0 aromatic heterocycles. The molecule has 1 rings (SSSR count). The van der Waals surface area contributed by atoms with Gasteiger partial charge in [0, 0.05) is 13.3 Å². The van der Waals surface area contributed by atoms with Crippen molar-refractivity contribution < 1.29 is 78.0 Å². The number of phenols is 1. The van der Waals surface area contributed by atoms with Gasteiger partial charge in [-0.2, -0.15) is 0 Å². The summed E-state index contributed by atoms with van der Waals surface area (Å²) in [5.41, 5.74) is 5.95. The average Bonchev–Trinajstić information content (AvgIpc) is 3.27. The molecule has 0 saturated heterocycles. The van der Waals surface area contributed by atoms with Crippen molar-refractivity contribution in [3.63, 3.8) is 0 Å². The monoisotopic (exact) mass is 1020 g/mol. The Kier molecular flexibility index (Phi) is 25.9. The molecular weight excluding hydrogens is 949 g/mol. The van der Waals surface area contributed by atoms with Crippen molar-refractivity contribution in [3.05, 3.63) is 29.8 Å². The van der Waals surface area contributed by atoms with E-state index in [0.29, 0.717) is 5.56 Å². The van der Waals surface area contributed by atoms with Gasteiger partial charge in [-0.15, -0.1) is 0 Å². The number of benzene rings is 1. The molecule has 0 aliphatic heterocycles. The average molecular weight is 1020 g/mol. The molecule has 0 heterocycles. The number of aromatic hydroxyl groups is 1. The zero-order valence-corrected chi connectivity index (χ0v) is 42.1. The number of primary amides is 1. The molecule has 26 heteroatoms. The van der Waals surface area contributed by atoms with Crippen LogP contribution in [-0.4, -0.2) is 152 Å². The van der Waals surface area contributed by atoms with Crippen molar-refractivity contribution in [1.29, 1.82) is 0 Å². The summed E-state index contributed by atoms with van der Waals surface area (Å²) in [6.45, 7) is 14.6. The molecule has 0 aliphatic rings. The van der Waals surface area contributed by atoms with Crippen LogP contribution in [0.15, 0.2) is 24.3 Å². The Morgan fingerprint density at radius 3 is 1.42 bits per heavy atom. The van der Waals surface area contributed by atoms with E-state index in [1.165, 1.54) is 46.8 Å². The Bertz CT molecular complexity index is 2120. The maximum Gasteiger partial charge on any atom is 0.326 e. The van der Waals surface area contributed by atoms with Gasteiger partial charge >= 0.3 is 11.9 Å². The number of phenolic OH excluding ortho intramolecular Hbond substituents is 1. The van der Waals surface area contributed by atoms with Crippen LogP contribution in [0.25, 0.3) is 0 Å². The lowest BCUT2D eigenvalue weighted by Gasteiger charge is -2.31. The highest BCUT2D eigenvalue weighted by Gasteiger charge is 2.38. The lowest BCUT2D eigenvalue weighted by molar-refractivity contribution is -0.144.